The third-order valence-corrected chi connectivity index (χ3v) is 5.00. The monoisotopic (exact) mass is 297 g/mol. The van der Waals surface area contributed by atoms with Gasteiger partial charge in [-0.15, -0.1) is 0 Å². The average molecular weight is 297 g/mol. The number of nitrogens with one attached hydrogen (secondary N) is 1. The zero-order valence-corrected chi connectivity index (χ0v) is 12.0. The maximum Gasteiger partial charge on any atom is 0.238 e. The molecule has 20 heavy (non-hydrogen) atoms. The van der Waals surface area contributed by atoms with Crippen LogP contribution < -0.4 is 11.3 Å². The SMILES string of the molecule is NNC(=O)Cc1ccc(CN2CCS(=O)(=O)CC2)cc1. The van der Waals surface area contributed by atoms with Crippen LogP contribution in [0, 0.1) is 0 Å². The van der Waals surface area contributed by atoms with Gasteiger partial charge in [0.05, 0.1) is 17.9 Å². The summed E-state index contributed by atoms with van der Waals surface area (Å²) in [5, 5.41) is 0. The smallest absolute Gasteiger partial charge is 0.238 e. The first-order valence-electron chi connectivity index (χ1n) is 6.48. The Labute approximate surface area is 118 Å². The molecule has 1 saturated heterocycles. The van der Waals surface area contributed by atoms with Gasteiger partial charge in [0.2, 0.25) is 5.91 Å². The second kappa shape index (κ2) is 6.34. The molecule has 0 atom stereocenters. The maximum absolute atomic E-state index is 11.3. The lowest BCUT2D eigenvalue weighted by Gasteiger charge is -2.26. The highest BCUT2D eigenvalue weighted by molar-refractivity contribution is 7.91. The molecule has 6 nitrogen and oxygen atoms in total. The van der Waals surface area contributed by atoms with E-state index in [2.05, 4.69) is 10.3 Å². The number of carbonyl (C=O) groups is 1. The second-order valence-electron chi connectivity index (χ2n) is 4.99. The molecular formula is C13H19N3O3S. The van der Waals surface area contributed by atoms with Gasteiger partial charge in [0.25, 0.3) is 0 Å². The van der Waals surface area contributed by atoms with Crippen LogP contribution in [0.15, 0.2) is 24.3 Å². The molecule has 0 saturated carbocycles. The van der Waals surface area contributed by atoms with Crippen molar-refractivity contribution in [3.05, 3.63) is 35.4 Å². The molecule has 1 aliphatic heterocycles. The standard InChI is InChI=1S/C13H19N3O3S/c14-15-13(17)9-11-1-3-12(4-2-11)10-16-5-7-20(18,19)8-6-16/h1-4H,5-10,14H2,(H,15,17). The topological polar surface area (TPSA) is 92.5 Å². The van der Waals surface area contributed by atoms with Crippen molar-refractivity contribution in [2.45, 2.75) is 13.0 Å². The van der Waals surface area contributed by atoms with E-state index in [1.165, 1.54) is 0 Å². The minimum absolute atomic E-state index is 0.223. The lowest BCUT2D eigenvalue weighted by molar-refractivity contribution is -0.120. The highest BCUT2D eigenvalue weighted by atomic mass is 32.2. The first-order valence-corrected chi connectivity index (χ1v) is 8.31. The van der Waals surface area contributed by atoms with Gasteiger partial charge in [0.1, 0.15) is 0 Å². The van der Waals surface area contributed by atoms with Crippen LogP contribution in [0.3, 0.4) is 0 Å². The summed E-state index contributed by atoms with van der Waals surface area (Å²) in [6, 6.07) is 7.71. The Morgan fingerprint density at radius 2 is 1.70 bits per heavy atom. The molecule has 0 unspecified atom stereocenters. The minimum Gasteiger partial charge on any atom is -0.297 e. The van der Waals surface area contributed by atoms with Crippen LogP contribution in [0.2, 0.25) is 0 Å². The number of benzene rings is 1. The maximum atomic E-state index is 11.3. The van der Waals surface area contributed by atoms with Crippen molar-refractivity contribution in [2.24, 2.45) is 5.84 Å². The van der Waals surface area contributed by atoms with E-state index in [4.69, 9.17) is 5.84 Å². The number of rotatable bonds is 4. The highest BCUT2D eigenvalue weighted by Crippen LogP contribution is 2.11. The summed E-state index contributed by atoms with van der Waals surface area (Å²) in [4.78, 5) is 13.3. The lowest BCUT2D eigenvalue weighted by Crippen LogP contribution is -2.39. The van der Waals surface area contributed by atoms with Crippen molar-refractivity contribution >= 4 is 15.7 Å². The molecule has 2 rings (SSSR count). The van der Waals surface area contributed by atoms with E-state index in [1.807, 2.05) is 24.3 Å². The van der Waals surface area contributed by atoms with Crippen molar-refractivity contribution in [1.29, 1.82) is 0 Å². The molecule has 0 aliphatic carbocycles. The molecule has 0 bridgehead atoms. The Bertz CT molecular complexity index is 555. The van der Waals surface area contributed by atoms with Crippen LogP contribution in [-0.4, -0.2) is 43.8 Å². The summed E-state index contributed by atoms with van der Waals surface area (Å²) in [5.41, 5.74) is 4.11. The number of hydrogen-bond donors (Lipinski definition) is 2. The summed E-state index contributed by atoms with van der Waals surface area (Å²) >= 11 is 0. The van der Waals surface area contributed by atoms with Gasteiger partial charge in [0, 0.05) is 19.6 Å². The number of amides is 1. The second-order valence-corrected chi connectivity index (χ2v) is 7.29. The summed E-state index contributed by atoms with van der Waals surface area (Å²) in [6.07, 6.45) is 0.263. The van der Waals surface area contributed by atoms with Crippen LogP contribution in [-0.2, 0) is 27.6 Å². The summed E-state index contributed by atoms with van der Waals surface area (Å²) < 4.78 is 22.7. The predicted octanol–water partition coefficient (Wildman–Crippen LogP) is -0.551. The van der Waals surface area contributed by atoms with Gasteiger partial charge < -0.3 is 0 Å². The molecule has 1 fully saturated rings. The fourth-order valence-electron chi connectivity index (χ4n) is 2.17. The molecule has 0 spiro atoms. The van der Waals surface area contributed by atoms with E-state index in [0.717, 1.165) is 17.7 Å². The number of carbonyl (C=O) groups excluding carboxylic acids is 1. The zero-order valence-electron chi connectivity index (χ0n) is 11.2. The van der Waals surface area contributed by atoms with Gasteiger partial charge in [-0.1, -0.05) is 24.3 Å². The van der Waals surface area contributed by atoms with Crippen molar-refractivity contribution in [2.75, 3.05) is 24.6 Å². The van der Waals surface area contributed by atoms with E-state index < -0.39 is 9.84 Å². The van der Waals surface area contributed by atoms with E-state index >= 15 is 0 Å². The predicted molar refractivity (Wildman–Crippen MR) is 76.4 cm³/mol. The Balaban J connectivity index is 1.89. The zero-order chi connectivity index (χ0) is 14.6. The third-order valence-electron chi connectivity index (χ3n) is 3.39. The molecule has 1 aromatic rings. The third kappa shape index (κ3) is 4.29. The van der Waals surface area contributed by atoms with Gasteiger partial charge in [-0.2, -0.15) is 0 Å². The fraction of sp³-hybridized carbons (Fsp3) is 0.462. The van der Waals surface area contributed by atoms with E-state index in [1.54, 1.807) is 0 Å². The first-order chi connectivity index (χ1) is 9.48. The molecule has 0 radical (unpaired) electrons. The highest BCUT2D eigenvalue weighted by Gasteiger charge is 2.21. The Morgan fingerprint density at radius 3 is 2.25 bits per heavy atom. The van der Waals surface area contributed by atoms with Crippen LogP contribution in [0.25, 0.3) is 0 Å². The molecule has 110 valence electrons. The molecule has 7 heteroatoms. The number of hydrogen-bond acceptors (Lipinski definition) is 5. The Hall–Kier alpha value is -1.44. The van der Waals surface area contributed by atoms with Crippen LogP contribution >= 0.6 is 0 Å². The molecule has 1 amide bonds. The molecular weight excluding hydrogens is 278 g/mol. The first kappa shape index (κ1) is 15.0. The molecule has 1 heterocycles. The van der Waals surface area contributed by atoms with E-state index in [9.17, 15) is 13.2 Å². The van der Waals surface area contributed by atoms with Crippen LogP contribution in [0.4, 0.5) is 0 Å². The van der Waals surface area contributed by atoms with Crippen molar-refractivity contribution < 1.29 is 13.2 Å². The summed E-state index contributed by atoms with van der Waals surface area (Å²) in [6.45, 7) is 1.90. The van der Waals surface area contributed by atoms with Crippen molar-refractivity contribution in [1.82, 2.24) is 10.3 Å². The minimum atomic E-state index is -2.83. The fourth-order valence-corrected chi connectivity index (χ4v) is 3.44. The normalized spacial score (nSPS) is 18.6. The molecule has 0 aromatic heterocycles. The van der Waals surface area contributed by atoms with Gasteiger partial charge in [-0.25, -0.2) is 14.3 Å². The molecule has 3 N–H and O–H groups in total. The van der Waals surface area contributed by atoms with Crippen LogP contribution in [0.1, 0.15) is 11.1 Å². The lowest BCUT2D eigenvalue weighted by atomic mass is 10.1. The van der Waals surface area contributed by atoms with Gasteiger partial charge >= 0.3 is 0 Å². The average Bonchev–Trinajstić information content (AvgIpc) is 2.43. The van der Waals surface area contributed by atoms with Gasteiger partial charge in [-0.3, -0.25) is 15.1 Å². The molecule has 1 aliphatic rings. The largest absolute Gasteiger partial charge is 0.297 e. The summed E-state index contributed by atoms with van der Waals surface area (Å²) in [7, 11) is -2.83. The molecule has 1 aromatic carbocycles. The number of nitrogens with two attached hydrogens (primary N) is 1. The van der Waals surface area contributed by atoms with Crippen LogP contribution in [0.5, 0.6) is 0 Å². The van der Waals surface area contributed by atoms with Crippen molar-refractivity contribution in [3.63, 3.8) is 0 Å². The quantitative estimate of drug-likeness (QED) is 0.442. The summed E-state index contributed by atoms with van der Waals surface area (Å²) in [5.74, 6) is 5.29. The van der Waals surface area contributed by atoms with Gasteiger partial charge in [-0.05, 0) is 11.1 Å². The number of nitrogens with zero attached hydrogens (tertiary/aromatic N) is 1. The Morgan fingerprint density at radius 1 is 1.15 bits per heavy atom. The van der Waals surface area contributed by atoms with Crippen molar-refractivity contribution in [3.8, 4) is 0 Å². The number of sulfone groups is 1. The number of hydrazine groups is 1. The van der Waals surface area contributed by atoms with Gasteiger partial charge in [0.15, 0.2) is 9.84 Å². The Kier molecular flexibility index (Phi) is 4.74. The van der Waals surface area contributed by atoms with E-state index in [0.29, 0.717) is 13.1 Å². The van der Waals surface area contributed by atoms with E-state index in [-0.39, 0.29) is 23.8 Å².